The van der Waals surface area contributed by atoms with Crippen molar-refractivity contribution in [1.82, 2.24) is 9.97 Å². The van der Waals surface area contributed by atoms with Crippen molar-refractivity contribution in [3.05, 3.63) is 67.3 Å². The number of para-hydroxylation sites is 1. The minimum atomic E-state index is 0.753. The van der Waals surface area contributed by atoms with Gasteiger partial charge in [-0.25, -0.2) is 0 Å². The summed E-state index contributed by atoms with van der Waals surface area (Å²) in [5.41, 5.74) is 11.1. The summed E-state index contributed by atoms with van der Waals surface area (Å²) in [6.45, 7) is 0. The maximum Gasteiger partial charge on any atom is 0.0474 e. The van der Waals surface area contributed by atoms with Crippen LogP contribution in [-0.4, -0.2) is 9.97 Å². The normalized spacial score (nSPS) is 10.3. The summed E-state index contributed by atoms with van der Waals surface area (Å²) in [7, 11) is 0. The predicted molar refractivity (Wildman–Crippen MR) is 77.3 cm³/mol. The molecular formula is C16H13N3. The lowest BCUT2D eigenvalue weighted by molar-refractivity contribution is 1.32. The summed E-state index contributed by atoms with van der Waals surface area (Å²) in [5, 5.41) is 0. The van der Waals surface area contributed by atoms with Gasteiger partial charge in [0.25, 0.3) is 0 Å². The Labute approximate surface area is 111 Å². The number of hydrogen-bond donors (Lipinski definition) is 1. The van der Waals surface area contributed by atoms with Crippen LogP contribution in [0, 0.1) is 0 Å². The van der Waals surface area contributed by atoms with E-state index in [1.165, 1.54) is 0 Å². The molecule has 0 aliphatic heterocycles. The number of aromatic nitrogens is 2. The van der Waals surface area contributed by atoms with Gasteiger partial charge in [-0.15, -0.1) is 0 Å². The van der Waals surface area contributed by atoms with E-state index in [1.54, 1.807) is 12.4 Å². The molecule has 0 atom stereocenters. The van der Waals surface area contributed by atoms with Crippen LogP contribution >= 0.6 is 0 Å². The Balaban J connectivity index is 2.15. The molecule has 0 aliphatic carbocycles. The number of rotatable bonds is 2. The predicted octanol–water partition coefficient (Wildman–Crippen LogP) is 3.39. The van der Waals surface area contributed by atoms with Crippen LogP contribution in [0.25, 0.3) is 22.3 Å². The van der Waals surface area contributed by atoms with Crippen molar-refractivity contribution in [3.8, 4) is 22.3 Å². The second-order valence-corrected chi connectivity index (χ2v) is 4.25. The molecule has 0 saturated heterocycles. The Morgan fingerprint density at radius 1 is 0.684 bits per heavy atom. The molecule has 0 fully saturated rings. The molecule has 2 aromatic heterocycles. The third-order valence-electron chi connectivity index (χ3n) is 3.05. The molecule has 0 spiro atoms. The highest BCUT2D eigenvalue weighted by Gasteiger charge is 2.08. The van der Waals surface area contributed by atoms with Crippen molar-refractivity contribution in [1.29, 1.82) is 0 Å². The van der Waals surface area contributed by atoms with Crippen LogP contribution in [0.5, 0.6) is 0 Å². The summed E-state index contributed by atoms with van der Waals surface area (Å²) < 4.78 is 0. The highest BCUT2D eigenvalue weighted by molar-refractivity contribution is 5.88. The molecule has 3 nitrogen and oxygen atoms in total. The van der Waals surface area contributed by atoms with E-state index in [0.29, 0.717) is 0 Å². The molecule has 0 aliphatic rings. The SMILES string of the molecule is Nc1c(-c2cccnc2)cccc1-c1cccnc1. The number of benzene rings is 1. The first-order valence-corrected chi connectivity index (χ1v) is 6.05. The Morgan fingerprint density at radius 3 is 1.63 bits per heavy atom. The molecule has 3 rings (SSSR count). The molecule has 1 aromatic carbocycles. The molecule has 2 N–H and O–H groups in total. The number of anilines is 1. The number of nitrogens with two attached hydrogens (primary N) is 1. The summed E-state index contributed by atoms with van der Waals surface area (Å²) >= 11 is 0. The van der Waals surface area contributed by atoms with E-state index in [1.807, 2.05) is 54.9 Å². The van der Waals surface area contributed by atoms with Crippen LogP contribution in [0.2, 0.25) is 0 Å². The fraction of sp³-hybridized carbons (Fsp3) is 0. The highest BCUT2D eigenvalue weighted by atomic mass is 14.6. The summed E-state index contributed by atoms with van der Waals surface area (Å²) in [6, 6.07) is 13.8. The minimum Gasteiger partial charge on any atom is -0.398 e. The molecule has 0 radical (unpaired) electrons. The third kappa shape index (κ3) is 2.18. The van der Waals surface area contributed by atoms with Crippen molar-refractivity contribution in [2.24, 2.45) is 0 Å². The molecule has 0 saturated carbocycles. The van der Waals surface area contributed by atoms with Crippen molar-refractivity contribution in [2.75, 3.05) is 5.73 Å². The Kier molecular flexibility index (Phi) is 2.94. The smallest absolute Gasteiger partial charge is 0.0474 e. The van der Waals surface area contributed by atoms with Gasteiger partial charge in [0.15, 0.2) is 0 Å². The fourth-order valence-corrected chi connectivity index (χ4v) is 2.11. The van der Waals surface area contributed by atoms with Gasteiger partial charge < -0.3 is 5.73 Å². The fourth-order valence-electron chi connectivity index (χ4n) is 2.11. The topological polar surface area (TPSA) is 51.8 Å². The monoisotopic (exact) mass is 247 g/mol. The molecule has 0 unspecified atom stereocenters. The first kappa shape index (κ1) is 11.4. The Bertz CT molecular complexity index is 621. The van der Waals surface area contributed by atoms with Crippen molar-refractivity contribution < 1.29 is 0 Å². The van der Waals surface area contributed by atoms with E-state index in [0.717, 1.165) is 27.9 Å². The second kappa shape index (κ2) is 4.90. The first-order valence-electron chi connectivity index (χ1n) is 6.05. The molecular weight excluding hydrogens is 234 g/mol. The lowest BCUT2D eigenvalue weighted by Gasteiger charge is -2.10. The van der Waals surface area contributed by atoms with Crippen molar-refractivity contribution >= 4 is 5.69 Å². The maximum absolute atomic E-state index is 6.29. The minimum absolute atomic E-state index is 0.753. The van der Waals surface area contributed by atoms with Crippen LogP contribution < -0.4 is 5.73 Å². The van der Waals surface area contributed by atoms with Gasteiger partial charge in [-0.2, -0.15) is 0 Å². The summed E-state index contributed by atoms with van der Waals surface area (Å²) in [4.78, 5) is 8.27. The van der Waals surface area contributed by atoms with Crippen molar-refractivity contribution in [2.45, 2.75) is 0 Å². The van der Waals surface area contributed by atoms with Crippen molar-refractivity contribution in [3.63, 3.8) is 0 Å². The lowest BCUT2D eigenvalue weighted by atomic mass is 9.98. The van der Waals surface area contributed by atoms with Gasteiger partial charge >= 0.3 is 0 Å². The van der Waals surface area contributed by atoms with Gasteiger partial charge in [-0.1, -0.05) is 30.3 Å². The number of hydrogen-bond acceptors (Lipinski definition) is 3. The van der Waals surface area contributed by atoms with Gasteiger partial charge in [-0.3, -0.25) is 9.97 Å². The van der Waals surface area contributed by atoms with Gasteiger partial charge in [0.05, 0.1) is 0 Å². The number of nitrogen functional groups attached to an aromatic ring is 1. The molecule has 3 heteroatoms. The van der Waals surface area contributed by atoms with E-state index < -0.39 is 0 Å². The first-order chi connectivity index (χ1) is 9.36. The van der Waals surface area contributed by atoms with Crippen LogP contribution in [0.15, 0.2) is 67.3 Å². The summed E-state index contributed by atoms with van der Waals surface area (Å²) in [6.07, 6.45) is 7.15. The van der Waals surface area contributed by atoms with Crippen LogP contribution in [0.1, 0.15) is 0 Å². The number of pyridine rings is 2. The van der Waals surface area contributed by atoms with Gasteiger partial charge in [0.1, 0.15) is 0 Å². The van der Waals surface area contributed by atoms with E-state index in [-0.39, 0.29) is 0 Å². The Morgan fingerprint density at radius 2 is 1.21 bits per heavy atom. The van der Waals surface area contributed by atoms with Gasteiger partial charge in [0, 0.05) is 52.7 Å². The zero-order valence-corrected chi connectivity index (χ0v) is 10.3. The van der Waals surface area contributed by atoms with E-state index in [9.17, 15) is 0 Å². The largest absolute Gasteiger partial charge is 0.398 e. The van der Waals surface area contributed by atoms with E-state index in [2.05, 4.69) is 9.97 Å². The van der Waals surface area contributed by atoms with Crippen LogP contribution in [0.4, 0.5) is 5.69 Å². The Hall–Kier alpha value is -2.68. The highest BCUT2D eigenvalue weighted by Crippen LogP contribution is 2.33. The quantitative estimate of drug-likeness (QED) is 0.706. The molecule has 0 amide bonds. The molecule has 92 valence electrons. The average molecular weight is 247 g/mol. The van der Waals surface area contributed by atoms with Gasteiger partial charge in [0.2, 0.25) is 0 Å². The maximum atomic E-state index is 6.29. The van der Waals surface area contributed by atoms with E-state index in [4.69, 9.17) is 5.73 Å². The molecule has 0 bridgehead atoms. The lowest BCUT2D eigenvalue weighted by Crippen LogP contribution is -1.94. The molecule has 3 aromatic rings. The third-order valence-corrected chi connectivity index (χ3v) is 3.05. The van der Waals surface area contributed by atoms with Gasteiger partial charge in [-0.05, 0) is 12.1 Å². The molecule has 2 heterocycles. The number of nitrogens with zero attached hydrogens (tertiary/aromatic N) is 2. The standard InChI is InChI=1S/C16H13N3/c17-16-14(12-4-2-8-18-10-12)6-1-7-15(16)13-5-3-9-19-11-13/h1-11H,17H2. The van der Waals surface area contributed by atoms with Crippen LogP contribution in [-0.2, 0) is 0 Å². The zero-order valence-electron chi connectivity index (χ0n) is 10.3. The zero-order chi connectivity index (χ0) is 13.1. The summed E-state index contributed by atoms with van der Waals surface area (Å²) in [5.74, 6) is 0. The van der Waals surface area contributed by atoms with Crippen LogP contribution in [0.3, 0.4) is 0 Å². The average Bonchev–Trinajstić information content (AvgIpc) is 2.49. The molecule has 19 heavy (non-hydrogen) atoms. The van der Waals surface area contributed by atoms with E-state index >= 15 is 0 Å². The second-order valence-electron chi connectivity index (χ2n) is 4.25.